The number of guanidine groups is 1. The topological polar surface area (TPSA) is 68.9 Å². The first kappa shape index (κ1) is 21.0. The SMILES string of the molecule is CCC1(CC)C(N=C(N)Nc2cccc(OC)c2)C(C)C1OC.I. The average Bonchev–Trinajstić information content (AvgIpc) is 2.57. The zero-order chi connectivity index (χ0) is 17.0. The molecule has 2 rings (SSSR count). The third kappa shape index (κ3) is 3.79. The Balaban J connectivity index is 0.00000288. The Morgan fingerprint density at radius 1 is 1.29 bits per heavy atom. The van der Waals surface area contributed by atoms with Crippen molar-refractivity contribution in [2.24, 2.45) is 22.1 Å². The van der Waals surface area contributed by atoms with Crippen LogP contribution in [0, 0.1) is 11.3 Å². The molecule has 1 aliphatic rings. The predicted octanol–water partition coefficient (Wildman–Crippen LogP) is 3.88. The van der Waals surface area contributed by atoms with Gasteiger partial charge in [0.2, 0.25) is 0 Å². The van der Waals surface area contributed by atoms with Crippen molar-refractivity contribution in [2.75, 3.05) is 19.5 Å². The van der Waals surface area contributed by atoms with Crippen LogP contribution in [0.25, 0.3) is 0 Å². The molecule has 0 aromatic heterocycles. The molecule has 6 heteroatoms. The van der Waals surface area contributed by atoms with Gasteiger partial charge in [0, 0.05) is 30.2 Å². The molecular formula is C18H30IN3O2. The van der Waals surface area contributed by atoms with Gasteiger partial charge in [-0.3, -0.25) is 0 Å². The van der Waals surface area contributed by atoms with E-state index in [1.807, 2.05) is 24.3 Å². The van der Waals surface area contributed by atoms with Crippen LogP contribution in [0.2, 0.25) is 0 Å². The molecule has 24 heavy (non-hydrogen) atoms. The average molecular weight is 447 g/mol. The van der Waals surface area contributed by atoms with E-state index in [1.165, 1.54) is 0 Å². The van der Waals surface area contributed by atoms with E-state index in [1.54, 1.807) is 14.2 Å². The molecule has 0 aliphatic heterocycles. The first-order chi connectivity index (χ1) is 11.0. The highest BCUT2D eigenvalue weighted by atomic mass is 127. The molecule has 1 saturated carbocycles. The number of nitrogens with zero attached hydrogens (tertiary/aromatic N) is 1. The quantitative estimate of drug-likeness (QED) is 0.395. The Morgan fingerprint density at radius 2 is 1.96 bits per heavy atom. The second-order valence-electron chi connectivity index (χ2n) is 6.27. The fourth-order valence-electron chi connectivity index (χ4n) is 4.06. The third-order valence-electron chi connectivity index (χ3n) is 5.32. The zero-order valence-electron chi connectivity index (χ0n) is 15.2. The van der Waals surface area contributed by atoms with Crippen molar-refractivity contribution in [3.63, 3.8) is 0 Å². The molecule has 0 radical (unpaired) electrons. The number of nitrogens with one attached hydrogen (secondary N) is 1. The summed E-state index contributed by atoms with van der Waals surface area (Å²) >= 11 is 0. The lowest BCUT2D eigenvalue weighted by molar-refractivity contribution is -0.156. The fourth-order valence-corrected chi connectivity index (χ4v) is 4.06. The van der Waals surface area contributed by atoms with Gasteiger partial charge < -0.3 is 20.5 Å². The van der Waals surface area contributed by atoms with Crippen molar-refractivity contribution >= 4 is 35.6 Å². The molecule has 5 nitrogen and oxygen atoms in total. The predicted molar refractivity (Wildman–Crippen MR) is 110 cm³/mol. The summed E-state index contributed by atoms with van der Waals surface area (Å²) in [5.74, 6) is 1.59. The number of hydrogen-bond acceptors (Lipinski definition) is 3. The fraction of sp³-hybridized carbons (Fsp3) is 0.611. The summed E-state index contributed by atoms with van der Waals surface area (Å²) < 4.78 is 10.9. The summed E-state index contributed by atoms with van der Waals surface area (Å²) in [6, 6.07) is 7.84. The Bertz CT molecular complexity index is 561. The Labute approximate surface area is 162 Å². The first-order valence-corrected chi connectivity index (χ1v) is 8.29. The van der Waals surface area contributed by atoms with E-state index in [0.717, 1.165) is 24.3 Å². The van der Waals surface area contributed by atoms with Gasteiger partial charge in [-0.05, 0) is 25.0 Å². The number of aliphatic imine (C=N–C) groups is 1. The van der Waals surface area contributed by atoms with E-state index < -0.39 is 0 Å². The number of rotatable bonds is 6. The summed E-state index contributed by atoms with van der Waals surface area (Å²) in [6.45, 7) is 6.59. The van der Waals surface area contributed by atoms with Crippen LogP contribution in [0.15, 0.2) is 29.3 Å². The van der Waals surface area contributed by atoms with Crippen molar-refractivity contribution in [3.05, 3.63) is 24.3 Å². The van der Waals surface area contributed by atoms with Gasteiger partial charge in [-0.15, -0.1) is 24.0 Å². The molecular weight excluding hydrogens is 417 g/mol. The van der Waals surface area contributed by atoms with Crippen LogP contribution in [0.5, 0.6) is 5.75 Å². The molecule has 0 heterocycles. The molecule has 0 bridgehead atoms. The molecule has 1 aromatic rings. The minimum Gasteiger partial charge on any atom is -0.497 e. The Kier molecular flexibility index (Phi) is 7.79. The van der Waals surface area contributed by atoms with E-state index in [9.17, 15) is 0 Å². The van der Waals surface area contributed by atoms with Crippen LogP contribution in [-0.4, -0.2) is 32.3 Å². The number of hydrogen-bond donors (Lipinski definition) is 2. The van der Waals surface area contributed by atoms with Crippen LogP contribution in [0.1, 0.15) is 33.6 Å². The Hall–Kier alpha value is -1.02. The molecule has 1 fully saturated rings. The van der Waals surface area contributed by atoms with Gasteiger partial charge in [0.15, 0.2) is 5.96 Å². The van der Waals surface area contributed by atoms with Gasteiger partial charge >= 0.3 is 0 Å². The van der Waals surface area contributed by atoms with E-state index in [2.05, 4.69) is 26.1 Å². The molecule has 3 N–H and O–H groups in total. The van der Waals surface area contributed by atoms with Crippen molar-refractivity contribution in [1.82, 2.24) is 0 Å². The lowest BCUT2D eigenvalue weighted by Gasteiger charge is -2.57. The van der Waals surface area contributed by atoms with Crippen LogP contribution >= 0.6 is 24.0 Å². The van der Waals surface area contributed by atoms with Gasteiger partial charge in [-0.1, -0.05) is 26.8 Å². The van der Waals surface area contributed by atoms with Crippen molar-refractivity contribution in [3.8, 4) is 5.75 Å². The monoisotopic (exact) mass is 447 g/mol. The normalized spacial score (nSPS) is 25.4. The second-order valence-corrected chi connectivity index (χ2v) is 6.27. The van der Waals surface area contributed by atoms with Crippen LogP contribution < -0.4 is 15.8 Å². The highest BCUT2D eigenvalue weighted by Gasteiger charge is 2.58. The van der Waals surface area contributed by atoms with Crippen molar-refractivity contribution in [1.29, 1.82) is 0 Å². The molecule has 3 unspecified atom stereocenters. The van der Waals surface area contributed by atoms with Gasteiger partial charge in [0.05, 0.1) is 19.3 Å². The lowest BCUT2D eigenvalue weighted by atomic mass is 9.53. The molecule has 0 spiro atoms. The highest BCUT2D eigenvalue weighted by Crippen LogP contribution is 2.54. The molecule has 136 valence electrons. The number of benzene rings is 1. The van der Waals surface area contributed by atoms with Crippen LogP contribution in [-0.2, 0) is 4.74 Å². The van der Waals surface area contributed by atoms with Crippen LogP contribution in [0.4, 0.5) is 5.69 Å². The number of anilines is 1. The van der Waals surface area contributed by atoms with E-state index >= 15 is 0 Å². The van der Waals surface area contributed by atoms with Gasteiger partial charge in [0.1, 0.15) is 5.75 Å². The number of halogens is 1. The molecule has 0 amide bonds. The van der Waals surface area contributed by atoms with E-state index in [4.69, 9.17) is 20.2 Å². The lowest BCUT2D eigenvalue weighted by Crippen LogP contribution is -2.63. The number of methoxy groups -OCH3 is 2. The highest BCUT2D eigenvalue weighted by molar-refractivity contribution is 14.0. The van der Waals surface area contributed by atoms with Crippen molar-refractivity contribution in [2.45, 2.75) is 45.8 Å². The number of nitrogens with two attached hydrogens (primary N) is 1. The largest absolute Gasteiger partial charge is 0.497 e. The minimum atomic E-state index is 0. The molecule has 3 atom stereocenters. The van der Waals surface area contributed by atoms with Crippen molar-refractivity contribution < 1.29 is 9.47 Å². The summed E-state index contributed by atoms with van der Waals surface area (Å²) in [7, 11) is 3.44. The molecule has 1 aromatic carbocycles. The second kappa shape index (κ2) is 8.89. The zero-order valence-corrected chi connectivity index (χ0v) is 17.5. The number of ether oxygens (including phenoxy) is 2. The minimum absolute atomic E-state index is 0. The Morgan fingerprint density at radius 3 is 2.50 bits per heavy atom. The van der Waals surface area contributed by atoms with Crippen LogP contribution in [0.3, 0.4) is 0 Å². The maximum absolute atomic E-state index is 6.14. The molecule has 1 aliphatic carbocycles. The summed E-state index contributed by atoms with van der Waals surface area (Å²) in [5, 5.41) is 3.16. The van der Waals surface area contributed by atoms with Gasteiger partial charge in [-0.2, -0.15) is 0 Å². The molecule has 0 saturated heterocycles. The summed E-state index contributed by atoms with van der Waals surface area (Å²) in [6.07, 6.45) is 2.32. The standard InChI is InChI=1S/C18H29N3O2.HI/c1-6-18(7-2)15(12(3)16(18)23-5)21-17(19)20-13-9-8-10-14(11-13)22-4;/h8-12,15-16H,6-7H2,1-5H3,(H3,19,20,21);1H. The van der Waals surface area contributed by atoms with E-state index in [-0.39, 0.29) is 41.5 Å². The first-order valence-electron chi connectivity index (χ1n) is 8.29. The summed E-state index contributed by atoms with van der Waals surface area (Å²) in [4.78, 5) is 4.77. The van der Waals surface area contributed by atoms with Gasteiger partial charge in [0.25, 0.3) is 0 Å². The van der Waals surface area contributed by atoms with Gasteiger partial charge in [-0.25, -0.2) is 4.99 Å². The third-order valence-corrected chi connectivity index (χ3v) is 5.32. The smallest absolute Gasteiger partial charge is 0.193 e. The van der Waals surface area contributed by atoms with E-state index in [0.29, 0.717) is 11.9 Å². The summed E-state index contributed by atoms with van der Waals surface area (Å²) in [5.41, 5.74) is 7.10. The maximum Gasteiger partial charge on any atom is 0.193 e. The maximum atomic E-state index is 6.14.